The summed E-state index contributed by atoms with van der Waals surface area (Å²) in [6.07, 6.45) is -0.288. The molecule has 3 rings (SSSR count). The van der Waals surface area contributed by atoms with Crippen molar-refractivity contribution in [3.63, 3.8) is 0 Å². The molecule has 0 aliphatic carbocycles. The molecule has 186 valence electrons. The summed E-state index contributed by atoms with van der Waals surface area (Å²) >= 11 is 6.41. The third kappa shape index (κ3) is 6.74. The normalized spacial score (nSPS) is 16.5. The molecule has 0 radical (unpaired) electrons. The fourth-order valence-corrected chi connectivity index (χ4v) is 4.36. The Kier molecular flexibility index (Phi) is 8.09. The number of nitriles is 1. The van der Waals surface area contributed by atoms with Gasteiger partial charge in [-0.15, -0.1) is 0 Å². The van der Waals surface area contributed by atoms with Crippen LogP contribution in [-0.4, -0.2) is 53.1 Å². The minimum Gasteiger partial charge on any atom is -0.444 e. The van der Waals surface area contributed by atoms with Crippen molar-refractivity contribution in [1.29, 1.82) is 5.26 Å². The van der Waals surface area contributed by atoms with Crippen LogP contribution >= 0.6 is 11.6 Å². The predicted molar refractivity (Wildman–Crippen MR) is 138 cm³/mol. The van der Waals surface area contributed by atoms with Crippen molar-refractivity contribution in [3.05, 3.63) is 63.2 Å². The van der Waals surface area contributed by atoms with E-state index in [1.165, 1.54) is 0 Å². The number of nitrogens with one attached hydrogen (secondary N) is 1. The monoisotopic (exact) mass is 496 g/mol. The second-order valence-electron chi connectivity index (χ2n) is 10.1. The highest BCUT2D eigenvalue weighted by Gasteiger charge is 2.31. The fourth-order valence-electron chi connectivity index (χ4n) is 4.12. The van der Waals surface area contributed by atoms with Crippen molar-refractivity contribution in [3.8, 4) is 6.07 Å². The minimum atomic E-state index is -0.526. The van der Waals surface area contributed by atoms with Gasteiger partial charge >= 0.3 is 6.09 Å². The smallest absolute Gasteiger partial charge is 0.410 e. The van der Waals surface area contributed by atoms with Gasteiger partial charge in [-0.2, -0.15) is 5.26 Å². The van der Waals surface area contributed by atoms with Gasteiger partial charge in [0.2, 0.25) is 0 Å². The maximum absolute atomic E-state index is 12.9. The molecule has 0 aromatic heterocycles. The van der Waals surface area contributed by atoms with Crippen LogP contribution in [0.15, 0.2) is 30.3 Å². The highest BCUT2D eigenvalue weighted by Crippen LogP contribution is 2.28. The first-order valence-electron chi connectivity index (χ1n) is 11.7. The van der Waals surface area contributed by atoms with Gasteiger partial charge in [-0.05, 0) is 82.5 Å². The zero-order chi connectivity index (χ0) is 25.9. The summed E-state index contributed by atoms with van der Waals surface area (Å²) in [5.74, 6) is -0.294. The Morgan fingerprint density at radius 2 is 1.91 bits per heavy atom. The van der Waals surface area contributed by atoms with E-state index in [1.807, 2.05) is 47.6 Å². The zero-order valence-electron chi connectivity index (χ0n) is 21.2. The van der Waals surface area contributed by atoms with Crippen LogP contribution in [0.5, 0.6) is 0 Å². The second-order valence-corrected chi connectivity index (χ2v) is 10.5. The third-order valence-electron chi connectivity index (χ3n) is 6.08. The van der Waals surface area contributed by atoms with E-state index in [-0.39, 0.29) is 18.0 Å². The van der Waals surface area contributed by atoms with E-state index >= 15 is 0 Å². The number of hydrogen-bond acceptors (Lipinski definition) is 5. The third-order valence-corrected chi connectivity index (χ3v) is 6.30. The molecule has 1 aliphatic rings. The maximum Gasteiger partial charge on any atom is 0.410 e. The molecule has 1 heterocycles. The van der Waals surface area contributed by atoms with Gasteiger partial charge in [-0.25, -0.2) is 4.79 Å². The molecule has 2 aromatic carbocycles. The van der Waals surface area contributed by atoms with Crippen LogP contribution in [0, 0.1) is 25.2 Å². The molecular weight excluding hydrogens is 464 g/mol. The van der Waals surface area contributed by atoms with Gasteiger partial charge in [0.05, 0.1) is 11.6 Å². The van der Waals surface area contributed by atoms with Gasteiger partial charge < -0.3 is 15.0 Å². The summed E-state index contributed by atoms with van der Waals surface area (Å²) in [5.41, 5.74) is 3.76. The maximum atomic E-state index is 12.9. The van der Waals surface area contributed by atoms with Crippen molar-refractivity contribution in [1.82, 2.24) is 9.80 Å². The van der Waals surface area contributed by atoms with Gasteiger partial charge in [0, 0.05) is 48.5 Å². The zero-order valence-corrected chi connectivity index (χ0v) is 22.0. The first-order valence-corrected chi connectivity index (χ1v) is 12.1. The quantitative estimate of drug-likeness (QED) is 0.602. The SMILES string of the molecule is Cc1ccc(C(=O)Nc2cc(Cl)cc(CN3CCN(C(=O)OC(C)(C)C)[C@@H](C)C3)c2C)cc1C#N. The number of aryl methyl sites for hydroxylation is 1. The summed E-state index contributed by atoms with van der Waals surface area (Å²) in [4.78, 5) is 29.4. The van der Waals surface area contributed by atoms with Crippen LogP contribution in [0.25, 0.3) is 0 Å². The lowest BCUT2D eigenvalue weighted by molar-refractivity contribution is 0.000535. The van der Waals surface area contributed by atoms with E-state index in [1.54, 1.807) is 29.2 Å². The molecule has 35 heavy (non-hydrogen) atoms. The molecule has 2 aromatic rings. The Morgan fingerprint density at radius 1 is 1.20 bits per heavy atom. The van der Waals surface area contributed by atoms with Gasteiger partial charge in [0.1, 0.15) is 5.60 Å². The number of rotatable bonds is 4. The Hall–Kier alpha value is -3.08. The van der Waals surface area contributed by atoms with E-state index < -0.39 is 5.60 Å². The summed E-state index contributed by atoms with van der Waals surface area (Å²) in [6, 6.07) is 10.8. The summed E-state index contributed by atoms with van der Waals surface area (Å²) in [5, 5.41) is 12.7. The Morgan fingerprint density at radius 3 is 2.54 bits per heavy atom. The molecule has 0 bridgehead atoms. The summed E-state index contributed by atoms with van der Waals surface area (Å²) in [6.45, 7) is 14.0. The Labute approximate surface area is 212 Å². The molecule has 1 N–H and O–H groups in total. The summed E-state index contributed by atoms with van der Waals surface area (Å²) < 4.78 is 5.54. The highest BCUT2D eigenvalue weighted by molar-refractivity contribution is 6.31. The average Bonchev–Trinajstić information content (AvgIpc) is 2.76. The first-order chi connectivity index (χ1) is 16.4. The highest BCUT2D eigenvalue weighted by atomic mass is 35.5. The Bertz CT molecular complexity index is 1170. The van der Waals surface area contributed by atoms with Crippen molar-refractivity contribution in [2.45, 2.75) is 59.7 Å². The van der Waals surface area contributed by atoms with Gasteiger partial charge in [0.25, 0.3) is 5.91 Å². The molecule has 1 aliphatic heterocycles. The number of nitrogens with zero attached hydrogens (tertiary/aromatic N) is 3. The lowest BCUT2D eigenvalue weighted by atomic mass is 10.0. The second kappa shape index (κ2) is 10.7. The van der Waals surface area contributed by atoms with E-state index in [0.29, 0.717) is 48.0 Å². The lowest BCUT2D eigenvalue weighted by Gasteiger charge is -2.40. The van der Waals surface area contributed by atoms with E-state index in [9.17, 15) is 14.9 Å². The largest absolute Gasteiger partial charge is 0.444 e. The van der Waals surface area contributed by atoms with Gasteiger partial charge in [-0.1, -0.05) is 17.7 Å². The predicted octanol–water partition coefficient (Wildman–Crippen LogP) is 5.52. The van der Waals surface area contributed by atoms with E-state index in [2.05, 4.69) is 16.3 Å². The number of benzene rings is 2. The number of carbonyl (C=O) groups is 2. The number of carbonyl (C=O) groups excluding carboxylic acids is 2. The number of halogens is 1. The minimum absolute atomic E-state index is 0.00753. The molecule has 0 spiro atoms. The molecular formula is C27H33ClN4O3. The summed E-state index contributed by atoms with van der Waals surface area (Å²) in [7, 11) is 0. The van der Waals surface area contributed by atoms with E-state index in [0.717, 1.165) is 16.7 Å². The van der Waals surface area contributed by atoms with Crippen LogP contribution in [-0.2, 0) is 11.3 Å². The number of ether oxygens (including phenoxy) is 1. The number of amides is 2. The molecule has 1 saturated heterocycles. The molecule has 1 atom stereocenters. The first kappa shape index (κ1) is 26.5. The average molecular weight is 497 g/mol. The van der Waals surface area contributed by atoms with Gasteiger partial charge in [0.15, 0.2) is 0 Å². The topological polar surface area (TPSA) is 85.7 Å². The number of hydrogen-bond donors (Lipinski definition) is 1. The fraction of sp³-hybridized carbons (Fsp3) is 0.444. The molecule has 2 amide bonds. The van der Waals surface area contributed by atoms with Crippen LogP contribution in [0.2, 0.25) is 5.02 Å². The molecule has 0 unspecified atom stereocenters. The van der Waals surface area contributed by atoms with Crippen LogP contribution in [0.1, 0.15) is 60.3 Å². The molecule has 8 heteroatoms. The number of piperazine rings is 1. The number of anilines is 1. The standard InChI is InChI=1S/C27H33ClN4O3/c1-17-7-8-20(11-21(17)14-29)25(33)30-24-13-23(28)12-22(19(24)3)16-31-9-10-32(18(2)15-31)26(34)35-27(4,5)6/h7-8,11-13,18H,9-10,15-16H2,1-6H3,(H,30,33)/t18-/m0/s1. The van der Waals surface area contributed by atoms with Crippen LogP contribution in [0.3, 0.4) is 0 Å². The van der Waals surface area contributed by atoms with E-state index in [4.69, 9.17) is 16.3 Å². The lowest BCUT2D eigenvalue weighted by Crippen LogP contribution is -2.54. The Balaban J connectivity index is 1.71. The molecule has 7 nitrogen and oxygen atoms in total. The van der Waals surface area contributed by atoms with Gasteiger partial charge in [-0.3, -0.25) is 9.69 Å². The van der Waals surface area contributed by atoms with Crippen molar-refractivity contribution >= 4 is 29.3 Å². The van der Waals surface area contributed by atoms with Crippen LogP contribution in [0.4, 0.5) is 10.5 Å². The molecule has 1 fully saturated rings. The van der Waals surface area contributed by atoms with Crippen LogP contribution < -0.4 is 5.32 Å². The van der Waals surface area contributed by atoms with Crippen molar-refractivity contribution in [2.24, 2.45) is 0 Å². The van der Waals surface area contributed by atoms with Crippen molar-refractivity contribution < 1.29 is 14.3 Å². The van der Waals surface area contributed by atoms with Crippen molar-refractivity contribution in [2.75, 3.05) is 25.0 Å². The molecule has 0 saturated carbocycles.